The van der Waals surface area contributed by atoms with Crippen molar-refractivity contribution in [2.24, 2.45) is 0 Å². The van der Waals surface area contributed by atoms with Crippen LogP contribution in [0.2, 0.25) is 0 Å². The topological polar surface area (TPSA) is 26.3 Å². The molecule has 0 radical (unpaired) electrons. The largest absolute Gasteiger partial charge is 0.459 e. The van der Waals surface area contributed by atoms with Gasteiger partial charge in [-0.1, -0.05) is 65.2 Å². The fourth-order valence-electron chi connectivity index (χ4n) is 3.18. The van der Waals surface area contributed by atoms with Crippen LogP contribution in [0.15, 0.2) is 18.2 Å². The molecule has 0 aromatic heterocycles. The number of carbonyl (C=O) groups is 1. The van der Waals surface area contributed by atoms with Gasteiger partial charge in [0.15, 0.2) is 0 Å². The van der Waals surface area contributed by atoms with E-state index in [0.717, 1.165) is 31.7 Å². The fourth-order valence-corrected chi connectivity index (χ4v) is 3.18. The first-order valence-corrected chi connectivity index (χ1v) is 10.4. The normalized spacial score (nSPS) is 12.8. The van der Waals surface area contributed by atoms with Gasteiger partial charge in [-0.25, -0.2) is 9.18 Å². The summed E-state index contributed by atoms with van der Waals surface area (Å²) in [4.78, 5) is 12.2. The first-order valence-electron chi connectivity index (χ1n) is 10.4. The van der Waals surface area contributed by atoms with Crippen molar-refractivity contribution in [1.29, 1.82) is 0 Å². The smallest absolute Gasteiger partial charge is 0.419 e. The number of carbonyl (C=O) groups excluding carboxylic acids is 1. The average molecular weight is 404 g/mol. The van der Waals surface area contributed by atoms with Crippen molar-refractivity contribution in [2.45, 2.75) is 96.8 Å². The Hall–Kier alpha value is -1.59. The van der Waals surface area contributed by atoms with E-state index in [4.69, 9.17) is 4.74 Å². The first-order chi connectivity index (χ1) is 13.3. The summed E-state index contributed by atoms with van der Waals surface area (Å²) in [6.07, 6.45) is 6.33. The van der Waals surface area contributed by atoms with Crippen LogP contribution in [0.5, 0.6) is 0 Å². The van der Waals surface area contributed by atoms with Crippen LogP contribution in [0, 0.1) is 5.82 Å². The Labute approximate surface area is 165 Å². The van der Waals surface area contributed by atoms with Gasteiger partial charge in [0, 0.05) is 0 Å². The SMILES string of the molecule is CCCCCCCCCCC(CCC)OC(=O)c1ccc(F)c(C(F)(F)F)c1. The van der Waals surface area contributed by atoms with Crippen LogP contribution in [0.1, 0.15) is 100 Å². The molecule has 0 fully saturated rings. The predicted octanol–water partition coefficient (Wildman–Crippen LogP) is 7.70. The molecule has 0 bridgehead atoms. The molecule has 0 N–H and O–H groups in total. The van der Waals surface area contributed by atoms with Gasteiger partial charge in [0.1, 0.15) is 11.9 Å². The minimum Gasteiger partial charge on any atom is -0.459 e. The number of hydrogen-bond acceptors (Lipinski definition) is 2. The zero-order valence-electron chi connectivity index (χ0n) is 16.9. The minimum absolute atomic E-state index is 0.272. The Kier molecular flexibility index (Phi) is 11.2. The summed E-state index contributed by atoms with van der Waals surface area (Å²) in [5.74, 6) is -2.23. The molecule has 0 aliphatic carbocycles. The number of halogens is 4. The number of ether oxygens (including phenoxy) is 1. The molecule has 0 aliphatic rings. The van der Waals surface area contributed by atoms with Crippen LogP contribution in [0.3, 0.4) is 0 Å². The Morgan fingerprint density at radius 1 is 0.929 bits per heavy atom. The van der Waals surface area contributed by atoms with E-state index in [2.05, 4.69) is 6.92 Å². The summed E-state index contributed by atoms with van der Waals surface area (Å²) < 4.78 is 57.3. The fraction of sp³-hybridized carbons (Fsp3) is 0.682. The maximum absolute atomic E-state index is 13.4. The second kappa shape index (κ2) is 12.8. The van der Waals surface area contributed by atoms with Crippen molar-refractivity contribution < 1.29 is 27.1 Å². The van der Waals surface area contributed by atoms with Crippen molar-refractivity contribution in [3.8, 4) is 0 Å². The molecular formula is C22H32F4O2. The Morgan fingerprint density at radius 3 is 2.11 bits per heavy atom. The monoisotopic (exact) mass is 404 g/mol. The molecule has 0 saturated heterocycles. The summed E-state index contributed by atoms with van der Waals surface area (Å²) in [7, 11) is 0. The van der Waals surface area contributed by atoms with Crippen molar-refractivity contribution in [3.05, 3.63) is 35.1 Å². The number of esters is 1. The van der Waals surface area contributed by atoms with Gasteiger partial charge in [0.05, 0.1) is 11.1 Å². The van der Waals surface area contributed by atoms with E-state index in [1.54, 1.807) is 0 Å². The molecule has 0 aliphatic heterocycles. The third kappa shape index (κ3) is 9.07. The highest BCUT2D eigenvalue weighted by Crippen LogP contribution is 2.32. The van der Waals surface area contributed by atoms with Crippen LogP contribution in [0.4, 0.5) is 17.6 Å². The molecule has 0 spiro atoms. The maximum atomic E-state index is 13.4. The van der Waals surface area contributed by atoms with Crippen LogP contribution < -0.4 is 0 Å². The minimum atomic E-state index is -4.85. The zero-order chi connectivity index (χ0) is 21.0. The van der Waals surface area contributed by atoms with Crippen molar-refractivity contribution in [3.63, 3.8) is 0 Å². The van der Waals surface area contributed by atoms with E-state index in [1.807, 2.05) is 6.92 Å². The van der Waals surface area contributed by atoms with Gasteiger partial charge in [-0.2, -0.15) is 13.2 Å². The van der Waals surface area contributed by atoms with Gasteiger partial charge < -0.3 is 4.74 Å². The van der Waals surface area contributed by atoms with Gasteiger partial charge in [-0.05, 0) is 37.5 Å². The molecule has 160 valence electrons. The highest BCUT2D eigenvalue weighted by atomic mass is 19.4. The van der Waals surface area contributed by atoms with Crippen molar-refractivity contribution in [1.82, 2.24) is 0 Å². The molecule has 2 nitrogen and oxygen atoms in total. The lowest BCUT2D eigenvalue weighted by Crippen LogP contribution is -2.19. The van der Waals surface area contributed by atoms with Gasteiger partial charge in [-0.3, -0.25) is 0 Å². The van der Waals surface area contributed by atoms with E-state index in [1.165, 1.54) is 32.1 Å². The molecule has 1 unspecified atom stereocenters. The third-order valence-electron chi connectivity index (χ3n) is 4.77. The predicted molar refractivity (Wildman–Crippen MR) is 103 cm³/mol. The summed E-state index contributed by atoms with van der Waals surface area (Å²) in [5.41, 5.74) is -1.72. The van der Waals surface area contributed by atoms with Gasteiger partial charge in [0.2, 0.25) is 0 Å². The molecule has 0 amide bonds. The second-order valence-electron chi connectivity index (χ2n) is 7.27. The van der Waals surface area contributed by atoms with Crippen molar-refractivity contribution in [2.75, 3.05) is 0 Å². The number of alkyl halides is 3. The highest BCUT2D eigenvalue weighted by Gasteiger charge is 2.35. The van der Waals surface area contributed by atoms with Crippen LogP contribution in [-0.2, 0) is 10.9 Å². The lowest BCUT2D eigenvalue weighted by Gasteiger charge is -2.18. The maximum Gasteiger partial charge on any atom is 0.419 e. The lowest BCUT2D eigenvalue weighted by atomic mass is 10.0. The number of unbranched alkanes of at least 4 members (excludes halogenated alkanes) is 7. The summed E-state index contributed by atoms with van der Waals surface area (Å²) in [6.45, 7) is 4.15. The van der Waals surface area contributed by atoms with Gasteiger partial charge in [0.25, 0.3) is 0 Å². The number of hydrogen-bond donors (Lipinski definition) is 0. The Morgan fingerprint density at radius 2 is 1.54 bits per heavy atom. The molecule has 0 heterocycles. The number of rotatable bonds is 13. The third-order valence-corrected chi connectivity index (χ3v) is 4.77. The van der Waals surface area contributed by atoms with Crippen LogP contribution >= 0.6 is 0 Å². The van der Waals surface area contributed by atoms with E-state index in [9.17, 15) is 22.4 Å². The quantitative estimate of drug-likeness (QED) is 0.191. The summed E-state index contributed by atoms with van der Waals surface area (Å²) >= 11 is 0. The zero-order valence-corrected chi connectivity index (χ0v) is 16.9. The molecule has 1 rings (SSSR count). The summed E-state index contributed by atoms with van der Waals surface area (Å²) in [5, 5.41) is 0. The van der Waals surface area contributed by atoms with E-state index in [-0.39, 0.29) is 11.7 Å². The first kappa shape index (κ1) is 24.4. The van der Waals surface area contributed by atoms with Crippen molar-refractivity contribution >= 4 is 5.97 Å². The Balaban J connectivity index is 2.51. The average Bonchev–Trinajstić information content (AvgIpc) is 2.63. The molecule has 6 heteroatoms. The molecule has 1 aromatic rings. The molecule has 0 saturated carbocycles. The van der Waals surface area contributed by atoms with E-state index >= 15 is 0 Å². The number of benzene rings is 1. The van der Waals surface area contributed by atoms with Gasteiger partial charge >= 0.3 is 12.1 Å². The molecule has 1 aromatic carbocycles. The molecular weight excluding hydrogens is 372 g/mol. The second-order valence-corrected chi connectivity index (χ2v) is 7.27. The molecule has 1 atom stereocenters. The highest BCUT2D eigenvalue weighted by molar-refractivity contribution is 5.89. The lowest BCUT2D eigenvalue weighted by molar-refractivity contribution is -0.140. The summed E-state index contributed by atoms with van der Waals surface area (Å²) in [6, 6.07) is 2.22. The van der Waals surface area contributed by atoms with Gasteiger partial charge in [-0.15, -0.1) is 0 Å². The van der Waals surface area contributed by atoms with Crippen LogP contribution in [0.25, 0.3) is 0 Å². The molecule has 28 heavy (non-hydrogen) atoms. The Bertz CT molecular complexity index is 584. The van der Waals surface area contributed by atoms with Crippen LogP contribution in [-0.4, -0.2) is 12.1 Å². The van der Waals surface area contributed by atoms with E-state index < -0.39 is 23.5 Å². The van der Waals surface area contributed by atoms with E-state index in [0.29, 0.717) is 25.0 Å². The standard InChI is InChI=1S/C22H32F4O2/c1-3-5-6-7-8-9-10-11-13-18(12-4-2)28-21(27)17-14-15-20(23)19(16-17)22(24,25)26/h14-16,18H,3-13H2,1-2H3.